The van der Waals surface area contributed by atoms with Crippen LogP contribution in [0.5, 0.6) is 11.5 Å². The summed E-state index contributed by atoms with van der Waals surface area (Å²) >= 11 is 3.22. The van der Waals surface area contributed by atoms with Gasteiger partial charge in [-0.1, -0.05) is 6.07 Å². The van der Waals surface area contributed by atoms with E-state index in [0.29, 0.717) is 21.7 Å². The molecule has 30 heavy (non-hydrogen) atoms. The molecule has 0 aliphatic rings. The summed E-state index contributed by atoms with van der Waals surface area (Å²) in [7, 11) is -0.874. The van der Waals surface area contributed by atoms with Gasteiger partial charge in [-0.25, -0.2) is 17.1 Å². The molecule has 0 fully saturated rings. The molecule has 3 aromatic rings. The molecule has 3 aromatic carbocycles. The molecule has 0 saturated carbocycles. The van der Waals surface area contributed by atoms with Crippen LogP contribution in [0.25, 0.3) is 0 Å². The van der Waals surface area contributed by atoms with Crippen LogP contribution in [0.3, 0.4) is 0 Å². The van der Waals surface area contributed by atoms with Crippen molar-refractivity contribution in [1.29, 1.82) is 0 Å². The lowest BCUT2D eigenvalue weighted by Gasteiger charge is -2.14. The maximum absolute atomic E-state index is 13.2. The van der Waals surface area contributed by atoms with Crippen LogP contribution in [0.15, 0.2) is 76.1 Å². The van der Waals surface area contributed by atoms with Crippen LogP contribution in [0, 0.1) is 5.82 Å². The quantitative estimate of drug-likeness (QED) is 0.531. The molecular formula is C21H18BrFN2O4S. The second-order valence-electron chi connectivity index (χ2n) is 6.47. The highest BCUT2D eigenvalue weighted by atomic mass is 79.9. The Bertz CT molecular complexity index is 1180. The average molecular weight is 493 g/mol. The van der Waals surface area contributed by atoms with Gasteiger partial charge in [-0.15, -0.1) is 0 Å². The Morgan fingerprint density at radius 2 is 1.70 bits per heavy atom. The zero-order valence-corrected chi connectivity index (χ0v) is 18.5. The Morgan fingerprint density at radius 1 is 1.00 bits per heavy atom. The second-order valence-corrected chi connectivity index (χ2v) is 9.45. The SMILES string of the molecule is CN(C)S(=O)(=O)c1cc(C(=O)Nc2ccc(Oc3cccc(F)c3)cc2)ccc1Br. The highest BCUT2D eigenvalue weighted by Gasteiger charge is 2.22. The molecule has 0 aliphatic heterocycles. The molecular weight excluding hydrogens is 475 g/mol. The minimum atomic E-state index is -3.71. The molecule has 0 aromatic heterocycles. The lowest BCUT2D eigenvalue weighted by Crippen LogP contribution is -2.23. The van der Waals surface area contributed by atoms with Crippen LogP contribution in [0.1, 0.15) is 10.4 Å². The third-order valence-electron chi connectivity index (χ3n) is 4.10. The van der Waals surface area contributed by atoms with E-state index in [0.717, 1.165) is 4.31 Å². The number of anilines is 1. The van der Waals surface area contributed by atoms with Crippen molar-refractivity contribution in [2.45, 2.75) is 4.90 Å². The van der Waals surface area contributed by atoms with Gasteiger partial charge in [0.05, 0.1) is 4.90 Å². The van der Waals surface area contributed by atoms with Crippen LogP contribution >= 0.6 is 15.9 Å². The van der Waals surface area contributed by atoms with E-state index >= 15 is 0 Å². The summed E-state index contributed by atoms with van der Waals surface area (Å²) < 4.78 is 45.1. The van der Waals surface area contributed by atoms with Crippen molar-refractivity contribution in [3.8, 4) is 11.5 Å². The molecule has 6 nitrogen and oxygen atoms in total. The summed E-state index contributed by atoms with van der Waals surface area (Å²) in [5.41, 5.74) is 0.685. The highest BCUT2D eigenvalue weighted by Crippen LogP contribution is 2.27. The fourth-order valence-electron chi connectivity index (χ4n) is 2.52. The lowest BCUT2D eigenvalue weighted by atomic mass is 10.2. The van der Waals surface area contributed by atoms with Crippen LogP contribution in [0.4, 0.5) is 10.1 Å². The summed E-state index contributed by atoms with van der Waals surface area (Å²) in [4.78, 5) is 12.6. The fraction of sp³-hybridized carbons (Fsp3) is 0.0952. The molecule has 0 unspecified atom stereocenters. The first kappa shape index (κ1) is 21.9. The molecule has 1 amide bonds. The zero-order chi connectivity index (χ0) is 21.9. The van der Waals surface area contributed by atoms with E-state index in [1.165, 1.54) is 44.4 Å². The van der Waals surface area contributed by atoms with Gasteiger partial charge in [0.25, 0.3) is 5.91 Å². The molecule has 0 atom stereocenters. The maximum atomic E-state index is 13.2. The van der Waals surface area contributed by atoms with Gasteiger partial charge in [0.1, 0.15) is 17.3 Å². The predicted octanol–water partition coefficient (Wildman–Crippen LogP) is 4.88. The number of carbonyl (C=O) groups is 1. The monoisotopic (exact) mass is 492 g/mol. The Labute approximate surface area is 182 Å². The fourth-order valence-corrected chi connectivity index (χ4v) is 4.36. The molecule has 156 valence electrons. The Morgan fingerprint density at radius 3 is 2.33 bits per heavy atom. The second kappa shape index (κ2) is 8.95. The van der Waals surface area contributed by atoms with E-state index in [2.05, 4.69) is 21.2 Å². The third kappa shape index (κ3) is 5.05. The third-order valence-corrected chi connectivity index (χ3v) is 6.90. The van der Waals surface area contributed by atoms with Crippen molar-refractivity contribution in [3.63, 3.8) is 0 Å². The number of nitrogens with zero attached hydrogens (tertiary/aromatic N) is 1. The number of halogens is 2. The highest BCUT2D eigenvalue weighted by molar-refractivity contribution is 9.10. The topological polar surface area (TPSA) is 75.7 Å². The smallest absolute Gasteiger partial charge is 0.255 e. The summed E-state index contributed by atoms with van der Waals surface area (Å²) in [6.07, 6.45) is 0. The first-order valence-electron chi connectivity index (χ1n) is 8.74. The predicted molar refractivity (Wildman–Crippen MR) is 116 cm³/mol. The van der Waals surface area contributed by atoms with Gasteiger partial charge in [-0.3, -0.25) is 4.79 Å². The normalized spacial score (nSPS) is 11.4. The van der Waals surface area contributed by atoms with Crippen molar-refractivity contribution in [2.24, 2.45) is 0 Å². The number of nitrogens with one attached hydrogen (secondary N) is 1. The van der Waals surface area contributed by atoms with E-state index < -0.39 is 21.7 Å². The number of hydrogen-bond acceptors (Lipinski definition) is 4. The van der Waals surface area contributed by atoms with Crippen molar-refractivity contribution in [1.82, 2.24) is 4.31 Å². The van der Waals surface area contributed by atoms with Crippen molar-refractivity contribution >= 4 is 37.5 Å². The van der Waals surface area contributed by atoms with E-state index in [4.69, 9.17) is 4.74 Å². The molecule has 0 bridgehead atoms. The van der Waals surface area contributed by atoms with E-state index in [1.807, 2.05) is 0 Å². The molecule has 0 aliphatic carbocycles. The number of rotatable bonds is 6. The van der Waals surface area contributed by atoms with E-state index in [-0.39, 0.29) is 10.5 Å². The van der Waals surface area contributed by atoms with Gasteiger partial charge in [-0.2, -0.15) is 0 Å². The Kier molecular flexibility index (Phi) is 6.55. The number of amides is 1. The summed E-state index contributed by atoms with van der Waals surface area (Å²) in [6.45, 7) is 0. The van der Waals surface area contributed by atoms with Crippen molar-refractivity contribution < 1.29 is 22.3 Å². The molecule has 9 heteroatoms. The van der Waals surface area contributed by atoms with Gasteiger partial charge in [-0.05, 0) is 70.5 Å². The van der Waals surface area contributed by atoms with Crippen molar-refractivity contribution in [2.75, 3.05) is 19.4 Å². The molecule has 0 spiro atoms. The molecule has 1 N–H and O–H groups in total. The standard InChI is InChI=1S/C21H18BrFN2O4S/c1-25(2)30(27,28)20-12-14(6-11-19(20)22)21(26)24-16-7-9-17(10-8-16)29-18-5-3-4-15(23)13-18/h3-13H,1-2H3,(H,24,26). The number of benzene rings is 3. The van der Waals surface area contributed by atoms with Crippen LogP contribution in [-0.2, 0) is 10.0 Å². The lowest BCUT2D eigenvalue weighted by molar-refractivity contribution is 0.102. The average Bonchev–Trinajstić information content (AvgIpc) is 2.69. The minimum Gasteiger partial charge on any atom is -0.457 e. The van der Waals surface area contributed by atoms with Gasteiger partial charge in [0.2, 0.25) is 10.0 Å². The Balaban J connectivity index is 1.75. The largest absolute Gasteiger partial charge is 0.457 e. The number of hydrogen-bond donors (Lipinski definition) is 1. The summed E-state index contributed by atoms with van der Waals surface area (Å²) in [5.74, 6) is -0.0316. The minimum absolute atomic E-state index is 0.000934. The van der Waals surface area contributed by atoms with Crippen molar-refractivity contribution in [3.05, 3.63) is 82.6 Å². The van der Waals surface area contributed by atoms with Gasteiger partial charge < -0.3 is 10.1 Å². The van der Waals surface area contributed by atoms with E-state index in [1.54, 1.807) is 36.4 Å². The number of ether oxygens (including phenoxy) is 1. The van der Waals surface area contributed by atoms with Crippen LogP contribution in [-0.4, -0.2) is 32.7 Å². The van der Waals surface area contributed by atoms with Crippen LogP contribution < -0.4 is 10.1 Å². The zero-order valence-electron chi connectivity index (χ0n) is 16.1. The molecule has 0 saturated heterocycles. The number of sulfonamides is 1. The van der Waals surface area contributed by atoms with E-state index in [9.17, 15) is 17.6 Å². The molecule has 0 heterocycles. The molecule has 3 rings (SSSR count). The first-order valence-corrected chi connectivity index (χ1v) is 11.0. The van der Waals surface area contributed by atoms with Gasteiger partial charge >= 0.3 is 0 Å². The van der Waals surface area contributed by atoms with Crippen LogP contribution in [0.2, 0.25) is 0 Å². The summed E-state index contributed by atoms with van der Waals surface area (Å²) in [6, 6.07) is 16.6. The molecule has 0 radical (unpaired) electrons. The number of carbonyl (C=O) groups excluding carboxylic acids is 1. The van der Waals surface area contributed by atoms with Gasteiger partial charge in [0.15, 0.2) is 0 Å². The summed E-state index contributed by atoms with van der Waals surface area (Å²) in [5, 5.41) is 2.71. The first-order chi connectivity index (χ1) is 14.2. The van der Waals surface area contributed by atoms with Gasteiger partial charge in [0, 0.05) is 35.9 Å². The Hall–Kier alpha value is -2.75. The maximum Gasteiger partial charge on any atom is 0.255 e.